The lowest BCUT2D eigenvalue weighted by Crippen LogP contribution is -2.39. The Hall–Kier alpha value is -3.32. The minimum Gasteiger partial charge on any atom is -0.340 e. The summed E-state index contributed by atoms with van der Waals surface area (Å²) < 4.78 is 4.35. The molecule has 0 saturated heterocycles. The molecule has 0 amide bonds. The number of pyridine rings is 1. The summed E-state index contributed by atoms with van der Waals surface area (Å²) in [6.45, 7) is 0. The summed E-state index contributed by atoms with van der Waals surface area (Å²) in [5, 5.41) is 10.9. The molecule has 4 rings (SSSR count). The Morgan fingerprint density at radius 1 is 0.960 bits per heavy atom. The van der Waals surface area contributed by atoms with Crippen LogP contribution in [0.1, 0.15) is 5.56 Å². The van der Waals surface area contributed by atoms with Crippen LogP contribution in [-0.4, -0.2) is 18.7 Å². The average molecular weight is 327 g/mol. The quantitative estimate of drug-likeness (QED) is 0.528. The van der Waals surface area contributed by atoms with E-state index in [1.165, 1.54) is 5.39 Å². The van der Waals surface area contributed by atoms with E-state index in [9.17, 15) is 5.26 Å². The van der Waals surface area contributed by atoms with Gasteiger partial charge >= 0.3 is 0 Å². The van der Waals surface area contributed by atoms with Crippen molar-refractivity contribution in [3.05, 3.63) is 66.2 Å². The van der Waals surface area contributed by atoms with Gasteiger partial charge in [0.2, 0.25) is 0 Å². The normalized spacial score (nSPS) is 11.0. The van der Waals surface area contributed by atoms with Crippen LogP contribution in [0.5, 0.6) is 0 Å². The molecular weight excluding hydrogens is 308 g/mol. The van der Waals surface area contributed by atoms with Crippen molar-refractivity contribution in [2.45, 2.75) is 0 Å². The van der Waals surface area contributed by atoms with Crippen molar-refractivity contribution in [1.82, 2.24) is 4.57 Å². The molecular formula is C21H19N4+. The van der Waals surface area contributed by atoms with Gasteiger partial charge in [-0.3, -0.25) is 4.90 Å². The predicted molar refractivity (Wildman–Crippen MR) is 101 cm³/mol. The number of hydrogen-bond acceptors (Lipinski definition) is 2. The Kier molecular flexibility index (Phi) is 3.43. The number of fused-ring (bicyclic) bond motifs is 3. The molecule has 122 valence electrons. The molecule has 4 nitrogen and oxygen atoms in total. The standard InChI is InChI=1S/C21H19N4/c1-23(2)21-15(14-22)13-19-20(25(21)16-9-5-4-6-10-16)17-11-7-8-12-18(17)24(19)3/h4-13H,1-3H3/q+1. The van der Waals surface area contributed by atoms with E-state index in [0.29, 0.717) is 5.56 Å². The third-order valence-corrected chi connectivity index (χ3v) is 4.64. The first-order valence-electron chi connectivity index (χ1n) is 8.22. The smallest absolute Gasteiger partial charge is 0.300 e. The molecule has 0 aliphatic carbocycles. The summed E-state index contributed by atoms with van der Waals surface area (Å²) in [7, 11) is 6.01. The molecule has 2 heterocycles. The summed E-state index contributed by atoms with van der Waals surface area (Å²) in [6.07, 6.45) is 0. The Balaban J connectivity index is 2.32. The van der Waals surface area contributed by atoms with Crippen LogP contribution in [0.2, 0.25) is 0 Å². The van der Waals surface area contributed by atoms with Crippen LogP contribution >= 0.6 is 0 Å². The first-order valence-corrected chi connectivity index (χ1v) is 8.22. The number of para-hydroxylation sites is 2. The van der Waals surface area contributed by atoms with Gasteiger partial charge in [0.05, 0.1) is 25.1 Å². The highest BCUT2D eigenvalue weighted by molar-refractivity contribution is 6.04. The average Bonchev–Trinajstić information content (AvgIpc) is 2.93. The monoisotopic (exact) mass is 327 g/mol. The van der Waals surface area contributed by atoms with Crippen molar-refractivity contribution in [1.29, 1.82) is 5.26 Å². The zero-order valence-corrected chi connectivity index (χ0v) is 14.6. The summed E-state index contributed by atoms with van der Waals surface area (Å²) in [6, 6.07) is 22.9. The van der Waals surface area contributed by atoms with Gasteiger partial charge < -0.3 is 4.57 Å². The molecule has 0 unspecified atom stereocenters. The maximum absolute atomic E-state index is 9.76. The molecule has 0 aliphatic heterocycles. The van der Waals surface area contributed by atoms with Crippen LogP contribution in [0.4, 0.5) is 5.82 Å². The highest BCUT2D eigenvalue weighted by atomic mass is 15.2. The highest BCUT2D eigenvalue weighted by Gasteiger charge is 2.26. The summed E-state index contributed by atoms with van der Waals surface area (Å²) in [5.74, 6) is 0.887. The maximum atomic E-state index is 9.76. The van der Waals surface area contributed by atoms with E-state index in [2.05, 4.69) is 52.6 Å². The number of hydrogen-bond donors (Lipinski definition) is 0. The van der Waals surface area contributed by atoms with Gasteiger partial charge in [-0.05, 0) is 30.3 Å². The van der Waals surface area contributed by atoms with E-state index < -0.39 is 0 Å². The summed E-state index contributed by atoms with van der Waals surface area (Å²) in [4.78, 5) is 2.01. The second-order valence-corrected chi connectivity index (χ2v) is 6.37. The second kappa shape index (κ2) is 5.64. The number of aromatic nitrogens is 2. The van der Waals surface area contributed by atoms with Crippen LogP contribution in [0.15, 0.2) is 60.7 Å². The topological polar surface area (TPSA) is 35.8 Å². The number of nitriles is 1. The van der Waals surface area contributed by atoms with Crippen LogP contribution in [0, 0.1) is 11.3 Å². The van der Waals surface area contributed by atoms with Crippen molar-refractivity contribution in [2.75, 3.05) is 19.0 Å². The molecule has 0 bridgehead atoms. The van der Waals surface area contributed by atoms with Gasteiger partial charge in [-0.25, -0.2) is 0 Å². The van der Waals surface area contributed by atoms with E-state index in [-0.39, 0.29) is 0 Å². The molecule has 0 spiro atoms. The molecule has 0 radical (unpaired) electrons. The fourth-order valence-corrected chi connectivity index (χ4v) is 3.57. The van der Waals surface area contributed by atoms with Crippen molar-refractivity contribution in [3.8, 4) is 11.8 Å². The second-order valence-electron chi connectivity index (χ2n) is 6.37. The van der Waals surface area contributed by atoms with Crippen LogP contribution in [0.25, 0.3) is 27.6 Å². The van der Waals surface area contributed by atoms with Crippen molar-refractivity contribution in [3.63, 3.8) is 0 Å². The van der Waals surface area contributed by atoms with E-state index in [4.69, 9.17) is 0 Å². The van der Waals surface area contributed by atoms with E-state index in [1.54, 1.807) is 0 Å². The van der Waals surface area contributed by atoms with E-state index in [0.717, 1.165) is 28.1 Å². The van der Waals surface area contributed by atoms with Crippen molar-refractivity contribution in [2.24, 2.45) is 7.05 Å². The Bertz CT molecular complexity index is 1130. The van der Waals surface area contributed by atoms with Gasteiger partial charge in [0.1, 0.15) is 17.3 Å². The van der Waals surface area contributed by atoms with Gasteiger partial charge in [0, 0.05) is 12.4 Å². The first kappa shape index (κ1) is 15.2. The van der Waals surface area contributed by atoms with E-state index in [1.807, 2.05) is 49.3 Å². The number of aryl methyl sites for hydroxylation is 1. The van der Waals surface area contributed by atoms with Gasteiger partial charge in [0.15, 0.2) is 5.52 Å². The molecule has 2 aromatic heterocycles. The van der Waals surface area contributed by atoms with Gasteiger partial charge in [0.25, 0.3) is 5.82 Å². The number of nitrogens with zero attached hydrogens (tertiary/aromatic N) is 4. The zero-order valence-electron chi connectivity index (χ0n) is 14.6. The lowest BCUT2D eigenvalue weighted by Gasteiger charge is -2.14. The maximum Gasteiger partial charge on any atom is 0.300 e. The van der Waals surface area contributed by atoms with Crippen molar-refractivity contribution >= 4 is 27.8 Å². The largest absolute Gasteiger partial charge is 0.340 e. The molecule has 2 aromatic carbocycles. The van der Waals surface area contributed by atoms with Crippen LogP contribution in [0.3, 0.4) is 0 Å². The number of anilines is 1. The van der Waals surface area contributed by atoms with Gasteiger partial charge in [-0.2, -0.15) is 9.83 Å². The number of rotatable bonds is 2. The molecule has 0 N–H and O–H groups in total. The molecule has 25 heavy (non-hydrogen) atoms. The summed E-state index contributed by atoms with van der Waals surface area (Å²) in [5.41, 5.74) is 5.03. The minimum absolute atomic E-state index is 0.659. The Morgan fingerprint density at radius 3 is 2.32 bits per heavy atom. The molecule has 0 atom stereocenters. The SMILES string of the molecule is CN(C)c1c(C#N)cc2c(c3ccccc3n2C)[n+]1-c1ccccc1. The summed E-state index contributed by atoms with van der Waals surface area (Å²) >= 11 is 0. The molecule has 4 heteroatoms. The van der Waals surface area contributed by atoms with Gasteiger partial charge in [-0.15, -0.1) is 0 Å². The Morgan fingerprint density at radius 2 is 1.64 bits per heavy atom. The fraction of sp³-hybridized carbons (Fsp3) is 0.143. The highest BCUT2D eigenvalue weighted by Crippen LogP contribution is 2.30. The lowest BCUT2D eigenvalue weighted by atomic mass is 10.1. The lowest BCUT2D eigenvalue weighted by molar-refractivity contribution is -0.552. The van der Waals surface area contributed by atoms with Crippen LogP contribution < -0.4 is 9.47 Å². The van der Waals surface area contributed by atoms with Gasteiger partial charge in [-0.1, -0.05) is 30.3 Å². The first-order chi connectivity index (χ1) is 12.1. The third kappa shape index (κ3) is 2.17. The van der Waals surface area contributed by atoms with Crippen molar-refractivity contribution < 1.29 is 4.57 Å². The minimum atomic E-state index is 0.659. The van der Waals surface area contributed by atoms with E-state index >= 15 is 0 Å². The zero-order chi connectivity index (χ0) is 17.6. The third-order valence-electron chi connectivity index (χ3n) is 4.64. The number of benzene rings is 2. The molecule has 4 aromatic rings. The Labute approximate surface area is 146 Å². The predicted octanol–water partition coefficient (Wildman–Crippen LogP) is 3.55. The fourth-order valence-electron chi connectivity index (χ4n) is 3.57. The molecule has 0 fully saturated rings. The molecule has 0 saturated carbocycles. The van der Waals surface area contributed by atoms with Crippen LogP contribution in [-0.2, 0) is 7.05 Å². The molecule has 0 aliphatic rings.